The molecule has 2 amide bonds. The Balaban J connectivity index is 1.91. The summed E-state index contributed by atoms with van der Waals surface area (Å²) in [4.78, 5) is 24.8. The van der Waals surface area contributed by atoms with Crippen molar-refractivity contribution in [2.75, 3.05) is 18.5 Å². The number of hydrogen-bond acceptors (Lipinski definition) is 5. The lowest BCUT2D eigenvalue weighted by Crippen LogP contribution is -2.34. The minimum Gasteiger partial charge on any atom is -0.448 e. The number of aryl methyl sites for hydroxylation is 1. The second-order valence-electron chi connectivity index (χ2n) is 6.67. The summed E-state index contributed by atoms with van der Waals surface area (Å²) in [5.41, 5.74) is -1.57. The Labute approximate surface area is 176 Å². The number of halogens is 6. The van der Waals surface area contributed by atoms with Crippen molar-refractivity contribution < 1.29 is 45.8 Å². The molecule has 0 spiro atoms. The van der Waals surface area contributed by atoms with E-state index in [9.17, 15) is 35.9 Å². The molecule has 1 heterocycles. The Morgan fingerprint density at radius 3 is 2.22 bits per heavy atom. The lowest BCUT2D eigenvalue weighted by Gasteiger charge is -2.16. The number of β-amino-alcohol motifs (C(OH)–C–C–N with tert-alkyl or cyclic N) is 1. The second-order valence-corrected chi connectivity index (χ2v) is 6.67. The molecule has 0 fully saturated rings. The number of amides is 2. The van der Waals surface area contributed by atoms with Crippen LogP contribution in [0.3, 0.4) is 0 Å². The number of aliphatic hydroxyl groups is 1. The fourth-order valence-corrected chi connectivity index (χ4v) is 2.85. The van der Waals surface area contributed by atoms with E-state index in [1.807, 2.05) is 0 Å². The zero-order valence-corrected chi connectivity index (χ0v) is 16.2. The molecule has 2 N–H and O–H groups in total. The van der Waals surface area contributed by atoms with Crippen molar-refractivity contribution >= 4 is 17.5 Å². The molecule has 0 saturated heterocycles. The van der Waals surface area contributed by atoms with Crippen LogP contribution in [0.15, 0.2) is 36.0 Å². The van der Waals surface area contributed by atoms with E-state index in [1.165, 1.54) is 6.92 Å². The first kappa shape index (κ1) is 23.1. The molecule has 0 aliphatic carbocycles. The predicted octanol–water partition coefficient (Wildman–Crippen LogP) is 3.88. The van der Waals surface area contributed by atoms with Gasteiger partial charge in [-0.25, -0.2) is 13.2 Å². The number of nitrogens with zero attached hydrogens (tertiary/aromatic N) is 1. The van der Waals surface area contributed by atoms with Crippen LogP contribution in [0, 0.1) is 24.4 Å². The van der Waals surface area contributed by atoms with Gasteiger partial charge < -0.3 is 15.2 Å². The van der Waals surface area contributed by atoms with Crippen LogP contribution in [0.4, 0.5) is 32.0 Å². The topological polar surface area (TPSA) is 78.9 Å². The fraction of sp³-hybridized carbons (Fsp3) is 0.200. The number of carbonyl (C=O) groups is 2. The smallest absolute Gasteiger partial charge is 0.416 e. The molecule has 1 aliphatic rings. The van der Waals surface area contributed by atoms with Gasteiger partial charge in [-0.15, -0.1) is 0 Å². The first-order valence-electron chi connectivity index (χ1n) is 8.92. The zero-order chi connectivity index (χ0) is 23.8. The van der Waals surface area contributed by atoms with Crippen LogP contribution in [0.1, 0.15) is 11.1 Å². The zero-order valence-electron chi connectivity index (χ0n) is 16.2. The molecule has 0 saturated carbocycles. The molecule has 12 heteroatoms. The molecule has 3 rings (SSSR count). The van der Waals surface area contributed by atoms with Crippen molar-refractivity contribution in [3.05, 3.63) is 64.6 Å². The summed E-state index contributed by atoms with van der Waals surface area (Å²) in [6.07, 6.45) is -4.06. The van der Waals surface area contributed by atoms with Gasteiger partial charge in [0.25, 0.3) is 11.8 Å². The van der Waals surface area contributed by atoms with E-state index in [0.717, 1.165) is 23.1 Å². The van der Waals surface area contributed by atoms with Crippen molar-refractivity contribution in [2.45, 2.75) is 13.1 Å². The summed E-state index contributed by atoms with van der Waals surface area (Å²) in [6, 6.07) is 1.83. The minimum absolute atomic E-state index is 0.00698. The highest BCUT2D eigenvalue weighted by atomic mass is 19.4. The number of aliphatic hydroxyl groups excluding tert-OH is 1. The standard InChI is InChI=1S/C20H14F6N2O4/c1-9-4-11(21)16(32-18-12(22)5-10(6-13(18)23)20(24,25)26)7-14(9)27-15-8-17(30)28(2-3-29)19(15)31/h4-8,27,29H,2-3H2,1H3. The Morgan fingerprint density at radius 2 is 1.66 bits per heavy atom. The Morgan fingerprint density at radius 1 is 1.03 bits per heavy atom. The van der Waals surface area contributed by atoms with Gasteiger partial charge in [0.05, 0.1) is 18.7 Å². The van der Waals surface area contributed by atoms with Crippen molar-refractivity contribution in [2.24, 2.45) is 0 Å². The summed E-state index contributed by atoms with van der Waals surface area (Å²) in [5, 5.41) is 11.5. The van der Waals surface area contributed by atoms with Gasteiger partial charge in [-0.3, -0.25) is 14.5 Å². The van der Waals surface area contributed by atoms with E-state index in [2.05, 4.69) is 5.32 Å². The lowest BCUT2D eigenvalue weighted by molar-refractivity contribution is -0.138. The number of nitrogens with one attached hydrogen (secondary N) is 1. The molecule has 0 radical (unpaired) electrons. The number of alkyl halides is 3. The van der Waals surface area contributed by atoms with Crippen LogP contribution < -0.4 is 10.1 Å². The van der Waals surface area contributed by atoms with Crippen LogP contribution >= 0.6 is 0 Å². The molecule has 6 nitrogen and oxygen atoms in total. The third-order valence-corrected chi connectivity index (χ3v) is 4.42. The summed E-state index contributed by atoms with van der Waals surface area (Å²) >= 11 is 0. The highest BCUT2D eigenvalue weighted by Crippen LogP contribution is 2.37. The Bertz CT molecular complexity index is 1110. The third-order valence-electron chi connectivity index (χ3n) is 4.42. The van der Waals surface area contributed by atoms with Gasteiger partial charge in [-0.2, -0.15) is 13.2 Å². The van der Waals surface area contributed by atoms with Crippen LogP contribution in [-0.2, 0) is 15.8 Å². The Hall–Kier alpha value is -3.54. The molecule has 0 unspecified atom stereocenters. The monoisotopic (exact) mass is 460 g/mol. The average Bonchev–Trinajstić information content (AvgIpc) is 2.94. The summed E-state index contributed by atoms with van der Waals surface area (Å²) in [6.45, 7) is 0.709. The van der Waals surface area contributed by atoms with Crippen LogP contribution in [0.25, 0.3) is 0 Å². The summed E-state index contributed by atoms with van der Waals surface area (Å²) in [5.74, 6) is -7.97. The molecule has 1 aliphatic heterocycles. The first-order valence-corrected chi connectivity index (χ1v) is 8.92. The van der Waals surface area contributed by atoms with Crippen molar-refractivity contribution in [1.82, 2.24) is 4.90 Å². The molecule has 0 atom stereocenters. The van der Waals surface area contributed by atoms with E-state index in [0.29, 0.717) is 0 Å². The van der Waals surface area contributed by atoms with Gasteiger partial charge in [-0.05, 0) is 30.7 Å². The van der Waals surface area contributed by atoms with Gasteiger partial charge in [-0.1, -0.05) is 0 Å². The third kappa shape index (κ3) is 4.54. The maximum Gasteiger partial charge on any atom is 0.416 e. The molecule has 32 heavy (non-hydrogen) atoms. The number of ether oxygens (including phenoxy) is 1. The van der Waals surface area contributed by atoms with E-state index in [1.54, 1.807) is 0 Å². The molecule has 170 valence electrons. The van der Waals surface area contributed by atoms with Gasteiger partial charge in [0, 0.05) is 17.8 Å². The molecule has 2 aromatic rings. The maximum atomic E-state index is 14.3. The molecule has 0 aromatic heterocycles. The number of carbonyl (C=O) groups excluding carboxylic acids is 2. The number of imide groups is 1. The molecular weight excluding hydrogens is 446 g/mol. The average molecular weight is 460 g/mol. The maximum absolute atomic E-state index is 14.3. The van der Waals surface area contributed by atoms with Gasteiger partial charge in [0.2, 0.25) is 0 Å². The quantitative estimate of drug-likeness (QED) is 0.506. The first-order chi connectivity index (χ1) is 14.9. The Kier molecular flexibility index (Phi) is 6.17. The molecule has 0 bridgehead atoms. The largest absolute Gasteiger partial charge is 0.448 e. The highest BCUT2D eigenvalue weighted by Gasteiger charge is 2.34. The summed E-state index contributed by atoms with van der Waals surface area (Å²) in [7, 11) is 0. The number of hydrogen-bond donors (Lipinski definition) is 2. The molecular formula is C20H14F6N2O4. The van der Waals surface area contributed by atoms with Crippen LogP contribution in [0.2, 0.25) is 0 Å². The predicted molar refractivity (Wildman–Crippen MR) is 98.1 cm³/mol. The number of benzene rings is 2. The molecule has 2 aromatic carbocycles. The van der Waals surface area contributed by atoms with E-state index < -0.39 is 59.1 Å². The number of rotatable bonds is 6. The van der Waals surface area contributed by atoms with Gasteiger partial charge in [0.15, 0.2) is 29.0 Å². The van der Waals surface area contributed by atoms with Crippen molar-refractivity contribution in [3.8, 4) is 11.5 Å². The fourth-order valence-electron chi connectivity index (χ4n) is 2.85. The van der Waals surface area contributed by atoms with Gasteiger partial charge >= 0.3 is 6.18 Å². The summed E-state index contributed by atoms with van der Waals surface area (Å²) < 4.78 is 85.3. The SMILES string of the molecule is Cc1cc(F)c(Oc2c(F)cc(C(F)(F)F)cc2F)cc1NC1=CC(=O)N(CCO)C1=O. The highest BCUT2D eigenvalue weighted by molar-refractivity contribution is 6.17. The minimum atomic E-state index is -5.00. The van der Waals surface area contributed by atoms with E-state index >= 15 is 0 Å². The van der Waals surface area contributed by atoms with E-state index in [4.69, 9.17) is 9.84 Å². The second kappa shape index (κ2) is 8.54. The number of anilines is 1. The van der Waals surface area contributed by atoms with Gasteiger partial charge in [0.1, 0.15) is 5.70 Å². The normalized spacial score (nSPS) is 14.1. The van der Waals surface area contributed by atoms with Crippen LogP contribution in [-0.4, -0.2) is 35.0 Å². The van der Waals surface area contributed by atoms with E-state index in [-0.39, 0.29) is 35.6 Å². The lowest BCUT2D eigenvalue weighted by atomic mass is 10.1. The van der Waals surface area contributed by atoms with Crippen molar-refractivity contribution in [1.29, 1.82) is 0 Å². The van der Waals surface area contributed by atoms with Crippen molar-refractivity contribution in [3.63, 3.8) is 0 Å². The van der Waals surface area contributed by atoms with Crippen LogP contribution in [0.5, 0.6) is 11.5 Å².